The topological polar surface area (TPSA) is 95.1 Å². The Morgan fingerprint density at radius 1 is 1.10 bits per heavy atom. The fourth-order valence-electron chi connectivity index (χ4n) is 3.40. The van der Waals surface area contributed by atoms with E-state index < -0.39 is 11.4 Å². The number of rotatable bonds is 3. The number of nitrogens with one attached hydrogen (secondary N) is 1. The third kappa shape index (κ3) is 3.67. The minimum atomic E-state index is -0.836. The molecule has 0 unspecified atom stereocenters. The highest BCUT2D eigenvalue weighted by Gasteiger charge is 2.25. The number of nitrogens with zero attached hydrogens (tertiary/aromatic N) is 5. The lowest BCUT2D eigenvalue weighted by molar-refractivity contribution is 0.0746. The van der Waals surface area contributed by atoms with Crippen molar-refractivity contribution in [3.63, 3.8) is 0 Å². The maximum Gasteiger partial charge on any atom is 0.288 e. The molecule has 0 atom stereocenters. The fourth-order valence-corrected chi connectivity index (χ4v) is 3.40. The Labute approximate surface area is 166 Å². The van der Waals surface area contributed by atoms with Crippen molar-refractivity contribution < 1.29 is 9.18 Å². The summed E-state index contributed by atoms with van der Waals surface area (Å²) in [5, 5.41) is 0. The molecule has 150 valence electrons. The molecule has 29 heavy (non-hydrogen) atoms. The molecule has 1 aromatic carbocycles. The number of piperazine rings is 1. The average molecular weight is 396 g/mol. The molecule has 3 heterocycles. The fraction of sp³-hybridized carbons (Fsp3) is 0.350. The monoisotopic (exact) mass is 396 g/mol. The van der Waals surface area contributed by atoms with E-state index in [0.29, 0.717) is 43.2 Å². The van der Waals surface area contributed by atoms with E-state index in [1.165, 1.54) is 0 Å². The van der Waals surface area contributed by atoms with Crippen molar-refractivity contribution in [2.45, 2.75) is 19.8 Å². The molecule has 2 aromatic heterocycles. The summed E-state index contributed by atoms with van der Waals surface area (Å²) in [5.74, 6) is -0.777. The van der Waals surface area contributed by atoms with E-state index in [1.807, 2.05) is 4.90 Å². The Morgan fingerprint density at radius 3 is 2.48 bits per heavy atom. The molecule has 9 heteroatoms. The first-order valence-corrected chi connectivity index (χ1v) is 9.48. The van der Waals surface area contributed by atoms with Crippen LogP contribution in [0.2, 0.25) is 0 Å². The number of H-pyrrole nitrogens is 1. The molecule has 0 saturated carbocycles. The largest absolute Gasteiger partial charge is 0.339 e. The quantitative estimate of drug-likeness (QED) is 0.727. The smallest absolute Gasteiger partial charge is 0.288 e. The predicted octanol–water partition coefficient (Wildman–Crippen LogP) is 1.94. The Balaban J connectivity index is 1.49. The van der Waals surface area contributed by atoms with Crippen LogP contribution in [0, 0.1) is 5.82 Å². The van der Waals surface area contributed by atoms with Crippen LogP contribution >= 0.6 is 0 Å². The van der Waals surface area contributed by atoms with Crippen molar-refractivity contribution in [2.24, 2.45) is 0 Å². The van der Waals surface area contributed by atoms with Gasteiger partial charge in [0.05, 0.1) is 16.7 Å². The second-order valence-electron chi connectivity index (χ2n) is 7.28. The van der Waals surface area contributed by atoms with Crippen LogP contribution in [0.25, 0.3) is 11.0 Å². The average Bonchev–Trinajstić information content (AvgIpc) is 2.74. The Kier molecular flexibility index (Phi) is 4.96. The lowest BCUT2D eigenvalue weighted by Crippen LogP contribution is -2.49. The summed E-state index contributed by atoms with van der Waals surface area (Å²) in [6.07, 6.45) is 3.21. The number of benzene rings is 1. The van der Waals surface area contributed by atoms with Crippen LogP contribution in [0.3, 0.4) is 0 Å². The van der Waals surface area contributed by atoms with Crippen LogP contribution < -0.4 is 10.5 Å². The van der Waals surface area contributed by atoms with E-state index in [4.69, 9.17) is 0 Å². The summed E-state index contributed by atoms with van der Waals surface area (Å²) in [6.45, 7) is 5.50. The van der Waals surface area contributed by atoms with Crippen LogP contribution in [0.15, 0.2) is 35.4 Å². The maximum atomic E-state index is 14.0. The summed E-state index contributed by atoms with van der Waals surface area (Å²) in [4.78, 5) is 43.6. The van der Waals surface area contributed by atoms with Crippen LogP contribution in [-0.2, 0) is 0 Å². The summed E-state index contributed by atoms with van der Waals surface area (Å²) in [5.41, 5.74) is 1.35. The van der Waals surface area contributed by atoms with Crippen LogP contribution in [0.1, 0.15) is 35.8 Å². The van der Waals surface area contributed by atoms with Gasteiger partial charge in [0.2, 0.25) is 11.8 Å². The molecule has 0 spiro atoms. The van der Waals surface area contributed by atoms with Gasteiger partial charge in [-0.2, -0.15) is 4.39 Å². The second-order valence-corrected chi connectivity index (χ2v) is 7.28. The van der Waals surface area contributed by atoms with E-state index in [2.05, 4.69) is 19.9 Å². The van der Waals surface area contributed by atoms with Crippen LogP contribution in [0.4, 0.5) is 10.3 Å². The first-order chi connectivity index (χ1) is 13.9. The van der Waals surface area contributed by atoms with Crippen molar-refractivity contribution in [1.29, 1.82) is 0 Å². The van der Waals surface area contributed by atoms with Gasteiger partial charge >= 0.3 is 0 Å². The van der Waals surface area contributed by atoms with Crippen molar-refractivity contribution in [2.75, 3.05) is 31.1 Å². The van der Waals surface area contributed by atoms with Gasteiger partial charge in [-0.1, -0.05) is 13.8 Å². The van der Waals surface area contributed by atoms with E-state index >= 15 is 0 Å². The molecule has 1 aliphatic rings. The summed E-state index contributed by atoms with van der Waals surface area (Å²) in [7, 11) is 0. The van der Waals surface area contributed by atoms with Gasteiger partial charge in [0.15, 0.2) is 0 Å². The zero-order valence-corrected chi connectivity index (χ0v) is 16.2. The van der Waals surface area contributed by atoms with E-state index in [1.54, 1.807) is 49.3 Å². The van der Waals surface area contributed by atoms with Gasteiger partial charge in [-0.25, -0.2) is 4.98 Å². The zero-order chi connectivity index (χ0) is 20.5. The number of anilines is 1. The lowest BCUT2D eigenvalue weighted by atomic mass is 10.1. The van der Waals surface area contributed by atoms with Crippen molar-refractivity contribution in [3.8, 4) is 0 Å². The first kappa shape index (κ1) is 19.0. The molecule has 3 aromatic rings. The number of aromatic nitrogens is 4. The molecule has 1 amide bonds. The molecule has 0 radical (unpaired) electrons. The van der Waals surface area contributed by atoms with Gasteiger partial charge in [0.25, 0.3) is 11.5 Å². The molecular weight excluding hydrogens is 375 g/mol. The molecule has 1 saturated heterocycles. The van der Waals surface area contributed by atoms with Crippen LogP contribution in [-0.4, -0.2) is 56.9 Å². The number of halogens is 1. The van der Waals surface area contributed by atoms with Gasteiger partial charge in [0, 0.05) is 44.1 Å². The van der Waals surface area contributed by atoms with Gasteiger partial charge in [-0.15, -0.1) is 0 Å². The predicted molar refractivity (Wildman–Crippen MR) is 107 cm³/mol. The summed E-state index contributed by atoms with van der Waals surface area (Å²) in [6, 6.07) is 5.27. The standard InChI is InChI=1S/C20H21FN6O2/c1-12(2)17-16(21)18(28)25-20(24-17)27-9-7-26(8-10-27)19(29)13-3-4-14-15(11-13)23-6-5-22-14/h3-6,11-12H,7-10H2,1-2H3,(H,24,25,28). The number of amides is 1. The van der Waals surface area contributed by atoms with Crippen molar-refractivity contribution >= 4 is 22.9 Å². The molecular formula is C20H21FN6O2. The molecule has 1 aliphatic heterocycles. The van der Waals surface area contributed by atoms with Gasteiger partial charge in [-0.05, 0) is 24.1 Å². The Morgan fingerprint density at radius 2 is 1.79 bits per heavy atom. The van der Waals surface area contributed by atoms with Gasteiger partial charge in [0.1, 0.15) is 0 Å². The minimum absolute atomic E-state index is 0.0827. The molecule has 4 rings (SSSR count). The van der Waals surface area contributed by atoms with Crippen LogP contribution in [0.5, 0.6) is 0 Å². The lowest BCUT2D eigenvalue weighted by Gasteiger charge is -2.35. The molecule has 0 aliphatic carbocycles. The number of hydrogen-bond acceptors (Lipinski definition) is 6. The number of carbonyl (C=O) groups excluding carboxylic acids is 1. The third-order valence-electron chi connectivity index (χ3n) is 5.01. The van der Waals surface area contributed by atoms with E-state index in [9.17, 15) is 14.0 Å². The number of hydrogen-bond donors (Lipinski definition) is 1. The van der Waals surface area contributed by atoms with Crippen molar-refractivity contribution in [1.82, 2.24) is 24.8 Å². The normalized spacial score (nSPS) is 14.6. The molecule has 1 fully saturated rings. The van der Waals surface area contributed by atoms with Gasteiger partial charge < -0.3 is 9.80 Å². The molecule has 1 N–H and O–H groups in total. The highest BCUT2D eigenvalue weighted by Crippen LogP contribution is 2.19. The SMILES string of the molecule is CC(C)c1nc(N2CCN(C(=O)c3ccc4nccnc4c3)CC2)[nH]c(=O)c1F. The summed E-state index contributed by atoms with van der Waals surface area (Å²) >= 11 is 0. The highest BCUT2D eigenvalue weighted by molar-refractivity contribution is 5.97. The zero-order valence-electron chi connectivity index (χ0n) is 16.2. The number of aromatic amines is 1. The first-order valence-electron chi connectivity index (χ1n) is 9.48. The Hall–Kier alpha value is -3.36. The molecule has 8 nitrogen and oxygen atoms in total. The minimum Gasteiger partial charge on any atom is -0.339 e. The van der Waals surface area contributed by atoms with E-state index in [0.717, 1.165) is 5.52 Å². The van der Waals surface area contributed by atoms with Gasteiger partial charge in [-0.3, -0.25) is 24.5 Å². The number of fused-ring (bicyclic) bond motifs is 1. The second kappa shape index (κ2) is 7.57. The highest BCUT2D eigenvalue weighted by atomic mass is 19.1. The summed E-state index contributed by atoms with van der Waals surface area (Å²) < 4.78 is 14.0. The number of carbonyl (C=O) groups is 1. The molecule has 0 bridgehead atoms. The van der Waals surface area contributed by atoms with Crippen molar-refractivity contribution in [3.05, 3.63) is 58.0 Å². The van der Waals surface area contributed by atoms with E-state index in [-0.39, 0.29) is 17.5 Å². The Bertz CT molecular complexity index is 1120. The maximum absolute atomic E-state index is 14.0. The third-order valence-corrected chi connectivity index (χ3v) is 5.01.